The van der Waals surface area contributed by atoms with Crippen molar-refractivity contribution >= 4 is 0 Å². The predicted octanol–water partition coefficient (Wildman–Crippen LogP) is 2.41. The van der Waals surface area contributed by atoms with Crippen LogP contribution in [-0.2, 0) is 6.54 Å². The summed E-state index contributed by atoms with van der Waals surface area (Å²) in [5.41, 5.74) is 1.57. The highest BCUT2D eigenvalue weighted by Crippen LogP contribution is 2.15. The van der Waals surface area contributed by atoms with Crippen molar-refractivity contribution in [3.63, 3.8) is 0 Å². The monoisotopic (exact) mass is 325 g/mol. The van der Waals surface area contributed by atoms with Crippen LogP contribution in [0.25, 0.3) is 5.69 Å². The van der Waals surface area contributed by atoms with Crippen molar-refractivity contribution in [3.8, 4) is 17.2 Å². The Hall–Kier alpha value is -3.02. The molecule has 0 bridgehead atoms. The first-order valence-electron chi connectivity index (χ1n) is 7.56. The highest BCUT2D eigenvalue weighted by molar-refractivity contribution is 5.38. The molecule has 0 aliphatic rings. The lowest BCUT2D eigenvalue weighted by Gasteiger charge is -2.04. The van der Waals surface area contributed by atoms with E-state index in [2.05, 4.69) is 5.10 Å². The highest BCUT2D eigenvalue weighted by Gasteiger charge is 2.12. The van der Waals surface area contributed by atoms with E-state index < -0.39 is 0 Å². The van der Waals surface area contributed by atoms with E-state index in [9.17, 15) is 4.79 Å². The molecule has 0 spiro atoms. The first-order chi connectivity index (χ1) is 11.6. The summed E-state index contributed by atoms with van der Waals surface area (Å²) in [6, 6.07) is 14.9. The Kier molecular flexibility index (Phi) is 4.37. The molecule has 3 aromatic rings. The number of hydrogen-bond acceptors (Lipinski definition) is 4. The van der Waals surface area contributed by atoms with Crippen LogP contribution in [-0.4, -0.2) is 28.6 Å². The molecule has 0 aliphatic heterocycles. The number of aromatic nitrogens is 3. The van der Waals surface area contributed by atoms with Crippen molar-refractivity contribution in [2.75, 3.05) is 14.2 Å². The minimum atomic E-state index is -0.173. The maximum Gasteiger partial charge on any atom is 0.350 e. The normalized spacial score (nSPS) is 10.6. The zero-order valence-electron chi connectivity index (χ0n) is 13.9. The molecule has 0 fully saturated rings. The molecule has 0 saturated carbocycles. The Balaban J connectivity index is 1.91. The molecule has 1 heterocycles. The van der Waals surface area contributed by atoms with E-state index in [4.69, 9.17) is 9.47 Å². The molecule has 0 atom stereocenters. The summed E-state index contributed by atoms with van der Waals surface area (Å²) in [7, 11) is 3.23. The molecule has 0 unspecified atom stereocenters. The van der Waals surface area contributed by atoms with E-state index in [0.29, 0.717) is 12.4 Å². The molecule has 2 aromatic carbocycles. The van der Waals surface area contributed by atoms with E-state index in [-0.39, 0.29) is 5.69 Å². The van der Waals surface area contributed by atoms with Gasteiger partial charge in [0.25, 0.3) is 0 Å². The number of aryl methyl sites for hydroxylation is 1. The summed E-state index contributed by atoms with van der Waals surface area (Å²) in [6.45, 7) is 2.23. The number of ether oxygens (including phenoxy) is 2. The van der Waals surface area contributed by atoms with E-state index in [1.54, 1.807) is 18.8 Å². The van der Waals surface area contributed by atoms with Gasteiger partial charge in [0.1, 0.15) is 17.3 Å². The van der Waals surface area contributed by atoms with Gasteiger partial charge in [-0.15, -0.1) is 0 Å². The standard InChI is InChI=1S/C18H19N3O3/c1-13-19-20(12-14-4-8-16(23-2)9-5-14)18(22)21(13)15-6-10-17(24-3)11-7-15/h4-11H,12H2,1-3H3. The lowest BCUT2D eigenvalue weighted by atomic mass is 10.2. The summed E-state index contributed by atoms with van der Waals surface area (Å²) in [4.78, 5) is 12.7. The van der Waals surface area contributed by atoms with E-state index >= 15 is 0 Å². The van der Waals surface area contributed by atoms with Crippen LogP contribution in [0.3, 0.4) is 0 Å². The fourth-order valence-electron chi connectivity index (χ4n) is 2.55. The van der Waals surface area contributed by atoms with Gasteiger partial charge in [0.15, 0.2) is 0 Å². The van der Waals surface area contributed by atoms with Gasteiger partial charge in [-0.05, 0) is 48.9 Å². The predicted molar refractivity (Wildman–Crippen MR) is 91.2 cm³/mol. The van der Waals surface area contributed by atoms with Crippen molar-refractivity contribution in [2.24, 2.45) is 0 Å². The highest BCUT2D eigenvalue weighted by atomic mass is 16.5. The average Bonchev–Trinajstić information content (AvgIpc) is 2.89. The van der Waals surface area contributed by atoms with Crippen molar-refractivity contribution in [3.05, 3.63) is 70.4 Å². The molecule has 0 amide bonds. The van der Waals surface area contributed by atoms with E-state index in [1.807, 2.05) is 55.5 Å². The van der Waals surface area contributed by atoms with Gasteiger partial charge < -0.3 is 9.47 Å². The molecule has 1 aromatic heterocycles. The van der Waals surface area contributed by atoms with Gasteiger partial charge >= 0.3 is 5.69 Å². The van der Waals surface area contributed by atoms with Crippen LogP contribution >= 0.6 is 0 Å². The second-order valence-electron chi connectivity index (χ2n) is 5.37. The Morgan fingerprint density at radius 1 is 0.917 bits per heavy atom. The van der Waals surface area contributed by atoms with Crippen LogP contribution in [0.2, 0.25) is 0 Å². The maximum atomic E-state index is 12.7. The van der Waals surface area contributed by atoms with Crippen LogP contribution < -0.4 is 15.2 Å². The summed E-state index contributed by atoms with van der Waals surface area (Å²) >= 11 is 0. The molecule has 0 saturated heterocycles. The molecule has 0 radical (unpaired) electrons. The largest absolute Gasteiger partial charge is 0.497 e. The lowest BCUT2D eigenvalue weighted by Crippen LogP contribution is -2.24. The van der Waals surface area contributed by atoms with Crippen molar-refractivity contribution in [1.82, 2.24) is 14.3 Å². The van der Waals surface area contributed by atoms with Crippen molar-refractivity contribution in [2.45, 2.75) is 13.5 Å². The first kappa shape index (κ1) is 15.9. The summed E-state index contributed by atoms with van der Waals surface area (Å²) in [6.07, 6.45) is 0. The van der Waals surface area contributed by atoms with Gasteiger partial charge in [0, 0.05) is 0 Å². The van der Waals surface area contributed by atoms with E-state index in [0.717, 1.165) is 22.7 Å². The Bertz CT molecular complexity index is 877. The second kappa shape index (κ2) is 6.62. The number of nitrogens with zero attached hydrogens (tertiary/aromatic N) is 3. The van der Waals surface area contributed by atoms with Crippen LogP contribution in [0.1, 0.15) is 11.4 Å². The third kappa shape index (κ3) is 3.03. The molecule has 0 N–H and O–H groups in total. The number of rotatable bonds is 5. The summed E-state index contributed by atoms with van der Waals surface area (Å²) < 4.78 is 13.3. The van der Waals surface area contributed by atoms with Crippen LogP contribution in [0, 0.1) is 6.92 Å². The van der Waals surface area contributed by atoms with Crippen LogP contribution in [0.15, 0.2) is 53.3 Å². The first-order valence-corrected chi connectivity index (χ1v) is 7.56. The number of benzene rings is 2. The minimum Gasteiger partial charge on any atom is -0.497 e. The van der Waals surface area contributed by atoms with Gasteiger partial charge in [-0.2, -0.15) is 5.10 Å². The molecular formula is C18H19N3O3. The topological polar surface area (TPSA) is 58.3 Å². The fraction of sp³-hybridized carbons (Fsp3) is 0.222. The smallest absolute Gasteiger partial charge is 0.350 e. The van der Waals surface area contributed by atoms with Gasteiger partial charge in [-0.1, -0.05) is 12.1 Å². The van der Waals surface area contributed by atoms with Crippen molar-refractivity contribution in [1.29, 1.82) is 0 Å². The van der Waals surface area contributed by atoms with Gasteiger partial charge in [0.05, 0.1) is 26.5 Å². The zero-order chi connectivity index (χ0) is 17.1. The molecule has 6 heteroatoms. The van der Waals surface area contributed by atoms with Gasteiger partial charge in [0.2, 0.25) is 0 Å². The Morgan fingerprint density at radius 2 is 1.46 bits per heavy atom. The minimum absolute atomic E-state index is 0.173. The van der Waals surface area contributed by atoms with Gasteiger partial charge in [-0.3, -0.25) is 0 Å². The Morgan fingerprint density at radius 3 is 2.00 bits per heavy atom. The molecule has 24 heavy (non-hydrogen) atoms. The SMILES string of the molecule is COc1ccc(Cn2nc(C)n(-c3ccc(OC)cc3)c2=O)cc1. The third-order valence-corrected chi connectivity index (χ3v) is 3.82. The van der Waals surface area contributed by atoms with Crippen LogP contribution in [0.5, 0.6) is 11.5 Å². The molecular weight excluding hydrogens is 306 g/mol. The van der Waals surface area contributed by atoms with Crippen molar-refractivity contribution < 1.29 is 9.47 Å². The molecule has 6 nitrogen and oxygen atoms in total. The second-order valence-corrected chi connectivity index (χ2v) is 5.37. The van der Waals surface area contributed by atoms with Crippen LogP contribution in [0.4, 0.5) is 0 Å². The summed E-state index contributed by atoms with van der Waals surface area (Å²) in [5.74, 6) is 2.17. The Labute approximate surface area is 139 Å². The zero-order valence-corrected chi connectivity index (χ0v) is 13.9. The number of methoxy groups -OCH3 is 2. The molecule has 124 valence electrons. The quantitative estimate of drug-likeness (QED) is 0.723. The average molecular weight is 325 g/mol. The molecule has 0 aliphatic carbocycles. The maximum absolute atomic E-state index is 12.7. The molecule has 3 rings (SSSR count). The van der Waals surface area contributed by atoms with Gasteiger partial charge in [-0.25, -0.2) is 14.0 Å². The number of hydrogen-bond donors (Lipinski definition) is 0. The van der Waals surface area contributed by atoms with E-state index in [1.165, 1.54) is 4.68 Å². The third-order valence-electron chi connectivity index (χ3n) is 3.82. The summed E-state index contributed by atoms with van der Waals surface area (Å²) in [5, 5.41) is 4.37. The fourth-order valence-corrected chi connectivity index (χ4v) is 2.55. The lowest BCUT2D eigenvalue weighted by molar-refractivity contribution is 0.414.